The van der Waals surface area contributed by atoms with Crippen LogP contribution < -0.4 is 10.6 Å². The Morgan fingerprint density at radius 3 is 2.60 bits per heavy atom. The Kier molecular flexibility index (Phi) is 6.08. The Labute approximate surface area is 214 Å². The molecule has 35 heavy (non-hydrogen) atoms. The summed E-state index contributed by atoms with van der Waals surface area (Å²) in [4.78, 5) is 29.2. The lowest BCUT2D eigenvalue weighted by Crippen LogP contribution is -2.47. The number of nitrogens with zero attached hydrogens (tertiary/aromatic N) is 7. The number of hydrogen-bond acceptors (Lipinski definition) is 9. The number of carbonyl (C=O) groups is 2. The number of fused-ring (bicyclic) bond motifs is 1. The highest BCUT2D eigenvalue weighted by atomic mass is 127. The van der Waals surface area contributed by atoms with Crippen LogP contribution in [0.2, 0.25) is 0 Å². The molecule has 3 aromatic heterocycles. The Hall–Kier alpha value is -2.92. The van der Waals surface area contributed by atoms with Gasteiger partial charge in [0.2, 0.25) is 21.9 Å². The third-order valence-electron chi connectivity index (χ3n) is 5.86. The SMILES string of the molecule is CN(I)C(=O)c1nnc(NC(=O)C2CC2)cc1Nc1nc2ccc(C3CN(S(C)(=O)=O)C3)cn2n1. The molecule has 2 amide bonds. The van der Waals surface area contributed by atoms with Gasteiger partial charge in [0, 0.05) is 44.2 Å². The van der Waals surface area contributed by atoms with Gasteiger partial charge in [0.1, 0.15) is 0 Å². The molecule has 3 aromatic rings. The largest absolute Gasteiger partial charge is 0.321 e. The predicted molar refractivity (Wildman–Crippen MR) is 135 cm³/mol. The van der Waals surface area contributed by atoms with Gasteiger partial charge in [0.05, 0.1) is 34.8 Å². The minimum atomic E-state index is -3.19. The van der Waals surface area contributed by atoms with Crippen molar-refractivity contribution in [3.05, 3.63) is 35.7 Å². The van der Waals surface area contributed by atoms with Crippen molar-refractivity contribution in [2.75, 3.05) is 37.0 Å². The topological polar surface area (TPSA) is 155 Å². The van der Waals surface area contributed by atoms with Crippen LogP contribution in [0.5, 0.6) is 0 Å². The summed E-state index contributed by atoms with van der Waals surface area (Å²) in [6.07, 6.45) is 4.71. The highest BCUT2D eigenvalue weighted by Crippen LogP contribution is 2.31. The minimum Gasteiger partial charge on any atom is -0.321 e. The van der Waals surface area contributed by atoms with Gasteiger partial charge in [0.25, 0.3) is 5.91 Å². The maximum atomic E-state index is 12.6. The molecule has 1 aliphatic heterocycles. The molecule has 0 spiro atoms. The molecule has 5 rings (SSSR count). The van der Waals surface area contributed by atoms with E-state index in [1.807, 2.05) is 35.1 Å². The zero-order chi connectivity index (χ0) is 24.9. The second-order valence-corrected chi connectivity index (χ2v) is 12.1. The van der Waals surface area contributed by atoms with Gasteiger partial charge in [-0.05, 0) is 24.5 Å². The van der Waals surface area contributed by atoms with Crippen LogP contribution in [0, 0.1) is 5.92 Å². The van der Waals surface area contributed by atoms with E-state index in [1.54, 1.807) is 17.6 Å². The maximum Gasteiger partial charge on any atom is 0.284 e. The van der Waals surface area contributed by atoms with Crippen molar-refractivity contribution in [3.8, 4) is 0 Å². The van der Waals surface area contributed by atoms with Gasteiger partial charge in [-0.3, -0.25) is 12.7 Å². The molecule has 1 saturated heterocycles. The molecule has 0 atom stereocenters. The van der Waals surface area contributed by atoms with Gasteiger partial charge >= 0.3 is 0 Å². The third kappa shape index (κ3) is 5.06. The molecule has 2 fully saturated rings. The number of hydrogen-bond donors (Lipinski definition) is 2. The fourth-order valence-corrected chi connectivity index (χ4v) is 4.79. The van der Waals surface area contributed by atoms with E-state index in [4.69, 9.17) is 0 Å². The van der Waals surface area contributed by atoms with Crippen molar-refractivity contribution < 1.29 is 18.0 Å². The average Bonchev–Trinajstić information content (AvgIpc) is 3.52. The summed E-state index contributed by atoms with van der Waals surface area (Å²) in [6.45, 7) is 0.856. The van der Waals surface area contributed by atoms with E-state index in [2.05, 4.69) is 30.9 Å². The molecule has 4 heterocycles. The molecule has 2 aliphatic rings. The highest BCUT2D eigenvalue weighted by molar-refractivity contribution is 14.1. The third-order valence-corrected chi connectivity index (χ3v) is 7.54. The smallest absolute Gasteiger partial charge is 0.284 e. The van der Waals surface area contributed by atoms with Crippen LogP contribution in [-0.2, 0) is 14.8 Å². The van der Waals surface area contributed by atoms with Crippen LogP contribution in [0.25, 0.3) is 5.65 Å². The normalized spacial score (nSPS) is 16.7. The van der Waals surface area contributed by atoms with Gasteiger partial charge in [-0.2, -0.15) is 4.98 Å². The fourth-order valence-electron chi connectivity index (χ4n) is 3.66. The monoisotopic (exact) mass is 611 g/mol. The molecule has 0 aromatic carbocycles. The van der Waals surface area contributed by atoms with Gasteiger partial charge in [-0.1, -0.05) is 6.07 Å². The van der Waals surface area contributed by atoms with Crippen LogP contribution >= 0.6 is 22.9 Å². The molecule has 0 bridgehead atoms. The molecule has 0 unspecified atom stereocenters. The molecule has 0 radical (unpaired) electrons. The second kappa shape index (κ2) is 8.94. The number of aromatic nitrogens is 5. The van der Waals surface area contributed by atoms with Crippen molar-refractivity contribution in [3.63, 3.8) is 0 Å². The van der Waals surface area contributed by atoms with E-state index in [0.717, 1.165) is 18.4 Å². The van der Waals surface area contributed by atoms with Crippen LogP contribution in [0.1, 0.15) is 34.8 Å². The number of nitrogens with one attached hydrogen (secondary N) is 2. The Morgan fingerprint density at radius 2 is 1.94 bits per heavy atom. The van der Waals surface area contributed by atoms with E-state index in [9.17, 15) is 18.0 Å². The summed E-state index contributed by atoms with van der Waals surface area (Å²) in [5.74, 6) is 0.0191. The van der Waals surface area contributed by atoms with E-state index < -0.39 is 10.0 Å². The quantitative estimate of drug-likeness (QED) is 0.298. The lowest BCUT2D eigenvalue weighted by Gasteiger charge is -2.37. The zero-order valence-electron chi connectivity index (χ0n) is 18.8. The van der Waals surface area contributed by atoms with Crippen LogP contribution in [0.3, 0.4) is 0 Å². The number of carbonyl (C=O) groups excluding carboxylic acids is 2. The van der Waals surface area contributed by atoms with Crippen molar-refractivity contribution in [2.45, 2.75) is 18.8 Å². The molecule has 1 aliphatic carbocycles. The molecular weight excluding hydrogens is 589 g/mol. The van der Waals surface area contributed by atoms with Gasteiger partial charge in [-0.15, -0.1) is 15.3 Å². The molecular formula is C20H22IN9O4S. The standard InChI is InChI=1S/C20H22IN9O4S/c1-28(21)19(32)17-14(7-15(25-26-17)23-18(31)11-3-4-11)22-20-24-16-6-5-12(10-30(16)27-20)13-8-29(9-13)35(2,33)34/h5-7,10-11,13H,3-4,8-9H2,1-2H3,(H2,22,23,25,27,31). The maximum absolute atomic E-state index is 12.6. The number of amides is 2. The first-order valence-electron chi connectivity index (χ1n) is 10.8. The van der Waals surface area contributed by atoms with E-state index >= 15 is 0 Å². The molecule has 184 valence electrons. The first-order chi connectivity index (χ1) is 16.6. The number of halogens is 1. The van der Waals surface area contributed by atoms with E-state index in [1.165, 1.54) is 19.7 Å². The fraction of sp³-hybridized carbons (Fsp3) is 0.400. The average molecular weight is 611 g/mol. The minimum absolute atomic E-state index is 0.00974. The summed E-state index contributed by atoms with van der Waals surface area (Å²) in [6, 6.07) is 5.23. The van der Waals surface area contributed by atoms with Crippen LogP contribution in [-0.4, -0.2) is 78.8 Å². The van der Waals surface area contributed by atoms with Gasteiger partial charge in [0.15, 0.2) is 17.2 Å². The summed E-state index contributed by atoms with van der Waals surface area (Å²) < 4.78 is 27.7. The molecule has 1 saturated carbocycles. The summed E-state index contributed by atoms with van der Waals surface area (Å²) in [5.41, 5.74) is 1.88. The Morgan fingerprint density at radius 1 is 1.20 bits per heavy atom. The Bertz CT molecular complexity index is 1430. The predicted octanol–water partition coefficient (Wildman–Crippen LogP) is 1.39. The first kappa shape index (κ1) is 23.8. The molecule has 15 heteroatoms. The number of pyridine rings is 1. The number of sulfonamides is 1. The number of rotatable bonds is 7. The summed E-state index contributed by atoms with van der Waals surface area (Å²) in [5, 5.41) is 18.2. The summed E-state index contributed by atoms with van der Waals surface area (Å²) in [7, 11) is -1.60. The first-order valence-corrected chi connectivity index (χ1v) is 13.6. The Balaban J connectivity index is 1.39. The summed E-state index contributed by atoms with van der Waals surface area (Å²) >= 11 is 1.84. The molecule has 13 nitrogen and oxygen atoms in total. The van der Waals surface area contributed by atoms with Crippen molar-refractivity contribution in [2.24, 2.45) is 5.92 Å². The van der Waals surface area contributed by atoms with Crippen molar-refractivity contribution in [1.29, 1.82) is 0 Å². The molecule has 2 N–H and O–H groups in total. The highest BCUT2D eigenvalue weighted by Gasteiger charge is 2.34. The van der Waals surface area contributed by atoms with E-state index in [0.29, 0.717) is 24.4 Å². The van der Waals surface area contributed by atoms with Crippen LogP contribution in [0.4, 0.5) is 17.5 Å². The van der Waals surface area contributed by atoms with Crippen molar-refractivity contribution >= 4 is 67.8 Å². The van der Waals surface area contributed by atoms with Crippen LogP contribution in [0.15, 0.2) is 24.4 Å². The van der Waals surface area contributed by atoms with Gasteiger partial charge in [-0.25, -0.2) is 17.2 Å². The van der Waals surface area contributed by atoms with Crippen molar-refractivity contribution in [1.82, 2.24) is 32.2 Å². The lowest BCUT2D eigenvalue weighted by atomic mass is 9.95. The number of anilines is 3. The second-order valence-electron chi connectivity index (χ2n) is 8.64. The van der Waals surface area contributed by atoms with Gasteiger partial charge < -0.3 is 10.6 Å². The zero-order valence-corrected chi connectivity index (χ0v) is 21.8. The lowest BCUT2D eigenvalue weighted by molar-refractivity contribution is -0.117. The van der Waals surface area contributed by atoms with E-state index in [-0.39, 0.29) is 41.1 Å².